The minimum atomic E-state index is 0.559. The summed E-state index contributed by atoms with van der Waals surface area (Å²) in [5.74, 6) is 0.675. The monoisotopic (exact) mass is 265 g/mol. The quantitative estimate of drug-likeness (QED) is 0.677. The van der Waals surface area contributed by atoms with Crippen molar-refractivity contribution in [2.75, 3.05) is 5.43 Å². The average molecular weight is 266 g/mol. The molecule has 0 atom stereocenters. The lowest BCUT2D eigenvalue weighted by molar-refractivity contribution is 1.23. The second-order valence-electron chi connectivity index (χ2n) is 3.25. The Hall–Kier alpha value is -1.58. The molecule has 1 N–H and O–H groups in total. The molecule has 2 aromatic rings. The molecule has 0 saturated heterocycles. The fraction of sp³-hybridized carbons (Fsp3) is 0. The second kappa shape index (κ2) is 5.66. The number of aromatic nitrogens is 1. The van der Waals surface area contributed by atoms with Gasteiger partial charge in [0.1, 0.15) is 5.82 Å². The van der Waals surface area contributed by atoms with Crippen molar-refractivity contribution in [1.82, 2.24) is 4.98 Å². The molecule has 17 heavy (non-hydrogen) atoms. The first kappa shape index (κ1) is 11.9. The molecule has 0 aliphatic carbocycles. The van der Waals surface area contributed by atoms with Gasteiger partial charge in [0.05, 0.1) is 11.2 Å². The average Bonchev–Trinajstić information content (AvgIpc) is 2.33. The number of pyridine rings is 1. The molecule has 1 aromatic heterocycles. The fourth-order valence-corrected chi connectivity index (χ4v) is 1.66. The van der Waals surface area contributed by atoms with Crippen molar-refractivity contribution in [2.24, 2.45) is 5.10 Å². The summed E-state index contributed by atoms with van der Waals surface area (Å²) in [6.45, 7) is 0. The third-order valence-corrected chi connectivity index (χ3v) is 2.57. The number of nitrogens with zero attached hydrogens (tertiary/aromatic N) is 2. The molecule has 5 heteroatoms. The molecule has 0 spiro atoms. The Balaban J connectivity index is 2.06. The van der Waals surface area contributed by atoms with E-state index in [1.165, 1.54) is 0 Å². The van der Waals surface area contributed by atoms with Crippen LogP contribution in [0.2, 0.25) is 10.0 Å². The molecule has 2 rings (SSSR count). The van der Waals surface area contributed by atoms with E-state index in [0.717, 1.165) is 5.56 Å². The molecule has 1 aromatic carbocycles. The van der Waals surface area contributed by atoms with E-state index >= 15 is 0 Å². The minimum absolute atomic E-state index is 0.559. The smallest absolute Gasteiger partial charge is 0.146 e. The zero-order valence-corrected chi connectivity index (χ0v) is 10.3. The first-order valence-corrected chi connectivity index (χ1v) is 5.66. The molecular formula is C12H9Cl2N3. The van der Waals surface area contributed by atoms with E-state index in [1.54, 1.807) is 30.6 Å². The van der Waals surface area contributed by atoms with E-state index in [-0.39, 0.29) is 0 Å². The fourth-order valence-electron chi connectivity index (χ4n) is 1.20. The van der Waals surface area contributed by atoms with Gasteiger partial charge in [0, 0.05) is 16.8 Å². The molecule has 0 aliphatic heterocycles. The van der Waals surface area contributed by atoms with E-state index in [2.05, 4.69) is 15.5 Å². The topological polar surface area (TPSA) is 37.3 Å². The summed E-state index contributed by atoms with van der Waals surface area (Å²) in [5, 5.41) is 5.20. The van der Waals surface area contributed by atoms with E-state index in [9.17, 15) is 0 Å². The molecule has 0 saturated carbocycles. The van der Waals surface area contributed by atoms with Gasteiger partial charge in [-0.15, -0.1) is 0 Å². The lowest BCUT2D eigenvalue weighted by Crippen LogP contribution is -1.92. The van der Waals surface area contributed by atoms with Crippen LogP contribution in [0.5, 0.6) is 0 Å². The zero-order chi connectivity index (χ0) is 12.1. The van der Waals surface area contributed by atoms with Crippen LogP contribution in [0.1, 0.15) is 5.56 Å². The van der Waals surface area contributed by atoms with Gasteiger partial charge in [-0.1, -0.05) is 35.3 Å². The number of hydrogen-bond acceptors (Lipinski definition) is 3. The van der Waals surface area contributed by atoms with Crippen LogP contribution < -0.4 is 5.43 Å². The Morgan fingerprint density at radius 1 is 1.18 bits per heavy atom. The summed E-state index contributed by atoms with van der Waals surface area (Å²) >= 11 is 11.8. The van der Waals surface area contributed by atoms with Gasteiger partial charge in [-0.2, -0.15) is 5.10 Å². The molecule has 3 nitrogen and oxygen atoms in total. The number of nitrogens with one attached hydrogen (secondary N) is 1. The third-order valence-electron chi connectivity index (χ3n) is 2.01. The van der Waals surface area contributed by atoms with Gasteiger partial charge in [0.2, 0.25) is 0 Å². The first-order chi connectivity index (χ1) is 8.25. The van der Waals surface area contributed by atoms with Crippen molar-refractivity contribution in [1.29, 1.82) is 0 Å². The van der Waals surface area contributed by atoms with E-state index < -0.39 is 0 Å². The molecular weight excluding hydrogens is 257 g/mol. The number of anilines is 1. The van der Waals surface area contributed by atoms with Crippen molar-refractivity contribution >= 4 is 35.2 Å². The summed E-state index contributed by atoms with van der Waals surface area (Å²) in [6, 6.07) is 10.8. The second-order valence-corrected chi connectivity index (χ2v) is 4.09. The molecule has 0 radical (unpaired) electrons. The Kier molecular flexibility index (Phi) is 3.96. The Labute approximate surface area is 109 Å². The van der Waals surface area contributed by atoms with Gasteiger partial charge in [0.15, 0.2) is 0 Å². The molecule has 0 unspecified atom stereocenters. The number of benzene rings is 1. The molecule has 0 fully saturated rings. The van der Waals surface area contributed by atoms with E-state index in [0.29, 0.717) is 15.9 Å². The standard InChI is InChI=1S/C12H9Cl2N3/c13-10-5-4-9(11(14)7-10)8-16-17-12-3-1-2-6-15-12/h1-8H,(H,15,17)/b16-8-. The van der Waals surface area contributed by atoms with Crippen LogP contribution in [-0.4, -0.2) is 11.2 Å². The van der Waals surface area contributed by atoms with Crippen molar-refractivity contribution in [3.8, 4) is 0 Å². The molecule has 0 amide bonds. The summed E-state index contributed by atoms with van der Waals surface area (Å²) in [7, 11) is 0. The normalized spacial score (nSPS) is 10.7. The van der Waals surface area contributed by atoms with Gasteiger partial charge in [-0.05, 0) is 24.3 Å². The van der Waals surface area contributed by atoms with Gasteiger partial charge in [-0.3, -0.25) is 5.43 Å². The third kappa shape index (κ3) is 3.44. The predicted molar refractivity (Wildman–Crippen MR) is 71.9 cm³/mol. The summed E-state index contributed by atoms with van der Waals surface area (Å²) < 4.78 is 0. The Bertz CT molecular complexity index is 527. The zero-order valence-electron chi connectivity index (χ0n) is 8.77. The van der Waals surface area contributed by atoms with Crippen LogP contribution in [0.15, 0.2) is 47.7 Å². The van der Waals surface area contributed by atoms with Crippen molar-refractivity contribution in [2.45, 2.75) is 0 Å². The molecule has 0 bridgehead atoms. The molecule has 0 aliphatic rings. The van der Waals surface area contributed by atoms with Crippen molar-refractivity contribution in [3.05, 3.63) is 58.2 Å². The highest BCUT2D eigenvalue weighted by atomic mass is 35.5. The molecule has 1 heterocycles. The van der Waals surface area contributed by atoms with Crippen LogP contribution >= 0.6 is 23.2 Å². The molecule has 86 valence electrons. The van der Waals surface area contributed by atoms with Crippen LogP contribution in [0.25, 0.3) is 0 Å². The number of halogens is 2. The largest absolute Gasteiger partial charge is 0.261 e. The van der Waals surface area contributed by atoms with E-state index in [4.69, 9.17) is 23.2 Å². The highest BCUT2D eigenvalue weighted by molar-refractivity contribution is 6.36. The van der Waals surface area contributed by atoms with Crippen LogP contribution in [-0.2, 0) is 0 Å². The van der Waals surface area contributed by atoms with Gasteiger partial charge in [-0.25, -0.2) is 4.98 Å². The maximum Gasteiger partial charge on any atom is 0.146 e. The SMILES string of the molecule is Clc1ccc(/C=N\Nc2ccccn2)c(Cl)c1. The summed E-state index contributed by atoms with van der Waals surface area (Å²) in [4.78, 5) is 4.07. The minimum Gasteiger partial charge on any atom is -0.261 e. The highest BCUT2D eigenvalue weighted by Crippen LogP contribution is 2.19. The summed E-state index contributed by atoms with van der Waals surface area (Å²) in [5.41, 5.74) is 3.59. The predicted octanol–water partition coefficient (Wildman–Crippen LogP) is 3.83. The van der Waals surface area contributed by atoms with Gasteiger partial charge < -0.3 is 0 Å². The van der Waals surface area contributed by atoms with E-state index in [1.807, 2.05) is 18.2 Å². The van der Waals surface area contributed by atoms with Gasteiger partial charge >= 0.3 is 0 Å². The van der Waals surface area contributed by atoms with Crippen LogP contribution in [0, 0.1) is 0 Å². The van der Waals surface area contributed by atoms with Crippen LogP contribution in [0.4, 0.5) is 5.82 Å². The highest BCUT2D eigenvalue weighted by Gasteiger charge is 1.97. The maximum absolute atomic E-state index is 5.99. The van der Waals surface area contributed by atoms with Crippen LogP contribution in [0.3, 0.4) is 0 Å². The van der Waals surface area contributed by atoms with Crippen molar-refractivity contribution < 1.29 is 0 Å². The maximum atomic E-state index is 5.99. The number of hydrazone groups is 1. The lowest BCUT2D eigenvalue weighted by atomic mass is 10.2. The van der Waals surface area contributed by atoms with Gasteiger partial charge in [0.25, 0.3) is 0 Å². The lowest BCUT2D eigenvalue weighted by Gasteiger charge is -1.99. The first-order valence-electron chi connectivity index (χ1n) is 4.91. The number of rotatable bonds is 3. The summed E-state index contributed by atoms with van der Waals surface area (Å²) in [6.07, 6.45) is 3.31. The van der Waals surface area contributed by atoms with Crippen molar-refractivity contribution in [3.63, 3.8) is 0 Å². The Morgan fingerprint density at radius 2 is 2.06 bits per heavy atom. The number of hydrogen-bond donors (Lipinski definition) is 1. The Morgan fingerprint density at radius 3 is 2.76 bits per heavy atom.